The highest BCUT2D eigenvalue weighted by Crippen LogP contribution is 2.34. The normalized spacial score (nSPS) is 31.9. The third-order valence-corrected chi connectivity index (χ3v) is 3.81. The monoisotopic (exact) mass is 271 g/mol. The number of amides is 1. The molecule has 4 nitrogen and oxygen atoms in total. The third kappa shape index (κ3) is 3.85. The molecule has 0 radical (unpaired) electrons. The second kappa shape index (κ2) is 5.70. The molecule has 0 aromatic rings. The Balaban J connectivity index is 2.90. The van der Waals surface area contributed by atoms with Crippen molar-refractivity contribution in [2.45, 2.75) is 78.7 Å². The second-order valence-corrected chi connectivity index (χ2v) is 7.17. The SMILES string of the molecule is CC(C)C[C@H]1[C@H](O)[C@H](C)[C@@H](C)N1C(=O)OC(C)(C)C. The predicted molar refractivity (Wildman–Crippen MR) is 75.9 cm³/mol. The van der Waals surface area contributed by atoms with Gasteiger partial charge < -0.3 is 9.84 Å². The highest BCUT2D eigenvalue weighted by Gasteiger charge is 2.47. The van der Waals surface area contributed by atoms with Gasteiger partial charge in [0.1, 0.15) is 5.60 Å². The minimum absolute atomic E-state index is 0.00796. The Morgan fingerprint density at radius 3 is 2.26 bits per heavy atom. The molecule has 0 aromatic heterocycles. The van der Waals surface area contributed by atoms with E-state index in [4.69, 9.17) is 4.74 Å². The minimum Gasteiger partial charge on any atom is -0.444 e. The van der Waals surface area contributed by atoms with Crippen LogP contribution in [0.5, 0.6) is 0 Å². The van der Waals surface area contributed by atoms with Crippen molar-refractivity contribution in [3.05, 3.63) is 0 Å². The maximum atomic E-state index is 12.3. The zero-order valence-electron chi connectivity index (χ0n) is 13.3. The fraction of sp³-hybridized carbons (Fsp3) is 0.933. The summed E-state index contributed by atoms with van der Waals surface area (Å²) in [6.07, 6.45) is 0.0220. The number of carbonyl (C=O) groups excluding carboxylic acids is 1. The van der Waals surface area contributed by atoms with Crippen LogP contribution in [0, 0.1) is 11.8 Å². The first-order valence-corrected chi connectivity index (χ1v) is 7.24. The van der Waals surface area contributed by atoms with Crippen LogP contribution in [0.2, 0.25) is 0 Å². The maximum Gasteiger partial charge on any atom is 0.410 e. The number of nitrogens with zero attached hydrogens (tertiary/aromatic N) is 1. The summed E-state index contributed by atoms with van der Waals surface area (Å²) in [7, 11) is 0. The summed E-state index contributed by atoms with van der Waals surface area (Å²) < 4.78 is 5.48. The number of aliphatic hydroxyl groups excluding tert-OH is 1. The first kappa shape index (κ1) is 16.3. The largest absolute Gasteiger partial charge is 0.444 e. The number of likely N-dealkylation sites (tertiary alicyclic amines) is 1. The van der Waals surface area contributed by atoms with Gasteiger partial charge in [-0.1, -0.05) is 20.8 Å². The van der Waals surface area contributed by atoms with Gasteiger partial charge in [-0.05, 0) is 40.0 Å². The van der Waals surface area contributed by atoms with Crippen molar-refractivity contribution in [3.8, 4) is 0 Å². The molecule has 1 fully saturated rings. The van der Waals surface area contributed by atoms with E-state index in [-0.39, 0.29) is 24.1 Å². The fourth-order valence-corrected chi connectivity index (χ4v) is 2.71. The van der Waals surface area contributed by atoms with E-state index < -0.39 is 11.7 Å². The van der Waals surface area contributed by atoms with Crippen molar-refractivity contribution in [1.82, 2.24) is 4.90 Å². The summed E-state index contributed by atoms with van der Waals surface area (Å²) in [5, 5.41) is 10.3. The molecule has 0 spiro atoms. The van der Waals surface area contributed by atoms with Crippen molar-refractivity contribution in [3.63, 3.8) is 0 Å². The quantitative estimate of drug-likeness (QED) is 0.840. The van der Waals surface area contributed by atoms with Gasteiger partial charge in [-0.2, -0.15) is 0 Å². The van der Waals surface area contributed by atoms with Crippen molar-refractivity contribution < 1.29 is 14.6 Å². The van der Waals surface area contributed by atoms with Crippen molar-refractivity contribution in [2.75, 3.05) is 0 Å². The molecular formula is C15H29NO3. The number of hydrogen-bond donors (Lipinski definition) is 1. The molecule has 1 saturated heterocycles. The molecule has 1 amide bonds. The van der Waals surface area contributed by atoms with E-state index in [0.717, 1.165) is 6.42 Å². The van der Waals surface area contributed by atoms with E-state index in [0.29, 0.717) is 5.92 Å². The van der Waals surface area contributed by atoms with Crippen LogP contribution in [0.4, 0.5) is 4.79 Å². The van der Waals surface area contributed by atoms with Crippen molar-refractivity contribution in [1.29, 1.82) is 0 Å². The van der Waals surface area contributed by atoms with E-state index in [2.05, 4.69) is 13.8 Å². The lowest BCUT2D eigenvalue weighted by Crippen LogP contribution is -2.45. The van der Waals surface area contributed by atoms with Gasteiger partial charge in [0.15, 0.2) is 0 Å². The van der Waals surface area contributed by atoms with Crippen molar-refractivity contribution in [2.24, 2.45) is 11.8 Å². The Labute approximate surface area is 117 Å². The molecule has 1 rings (SSSR count). The summed E-state index contributed by atoms with van der Waals surface area (Å²) in [6.45, 7) is 13.8. The average Bonchev–Trinajstić information content (AvgIpc) is 2.40. The van der Waals surface area contributed by atoms with Gasteiger partial charge >= 0.3 is 6.09 Å². The summed E-state index contributed by atoms with van der Waals surface area (Å²) in [4.78, 5) is 14.1. The van der Waals surface area contributed by atoms with Crippen LogP contribution in [0.3, 0.4) is 0 Å². The van der Waals surface area contributed by atoms with Crippen LogP contribution in [-0.4, -0.2) is 39.9 Å². The Bertz CT molecular complexity index is 322. The van der Waals surface area contributed by atoms with Crippen LogP contribution in [0.25, 0.3) is 0 Å². The standard InChI is InChI=1S/C15H29NO3/c1-9(2)8-12-13(17)10(3)11(4)16(12)14(18)19-15(5,6)7/h9-13,17H,8H2,1-7H3/t10-,11-,12+,13-/m1/s1. The highest BCUT2D eigenvalue weighted by molar-refractivity contribution is 5.69. The molecule has 0 aromatic carbocycles. The molecule has 0 aliphatic carbocycles. The summed E-state index contributed by atoms with van der Waals surface area (Å²) in [5.41, 5.74) is -0.504. The smallest absolute Gasteiger partial charge is 0.410 e. The van der Waals surface area contributed by atoms with E-state index >= 15 is 0 Å². The first-order chi connectivity index (χ1) is 8.54. The summed E-state index contributed by atoms with van der Waals surface area (Å²) in [6, 6.07) is -0.131. The Hall–Kier alpha value is -0.770. The topological polar surface area (TPSA) is 49.8 Å². The van der Waals surface area contributed by atoms with Gasteiger partial charge in [0.05, 0.1) is 12.1 Å². The molecule has 0 unspecified atom stereocenters. The van der Waals surface area contributed by atoms with E-state index in [1.165, 1.54) is 0 Å². The van der Waals surface area contributed by atoms with Gasteiger partial charge in [-0.3, -0.25) is 4.90 Å². The van der Waals surface area contributed by atoms with Gasteiger partial charge in [0, 0.05) is 12.0 Å². The second-order valence-electron chi connectivity index (χ2n) is 7.17. The lowest BCUT2D eigenvalue weighted by molar-refractivity contribution is 0.00724. The summed E-state index contributed by atoms with van der Waals surface area (Å²) in [5.74, 6) is 0.512. The number of hydrogen-bond acceptors (Lipinski definition) is 3. The molecule has 0 saturated carbocycles. The van der Waals surface area contributed by atoms with E-state index in [1.54, 1.807) is 4.90 Å². The molecule has 4 atom stereocenters. The van der Waals surface area contributed by atoms with E-state index in [1.807, 2.05) is 34.6 Å². The predicted octanol–water partition coefficient (Wildman–Crippen LogP) is 3.04. The van der Waals surface area contributed by atoms with E-state index in [9.17, 15) is 9.90 Å². The lowest BCUT2D eigenvalue weighted by Gasteiger charge is -2.32. The zero-order valence-corrected chi connectivity index (χ0v) is 13.3. The highest BCUT2D eigenvalue weighted by atomic mass is 16.6. The molecular weight excluding hydrogens is 242 g/mol. The van der Waals surface area contributed by atoms with Gasteiger partial charge in [-0.15, -0.1) is 0 Å². The molecule has 112 valence electrons. The van der Waals surface area contributed by atoms with Crippen LogP contribution >= 0.6 is 0 Å². The number of rotatable bonds is 2. The maximum absolute atomic E-state index is 12.3. The minimum atomic E-state index is -0.504. The molecule has 4 heteroatoms. The molecule has 19 heavy (non-hydrogen) atoms. The Morgan fingerprint density at radius 2 is 1.84 bits per heavy atom. The number of ether oxygens (including phenoxy) is 1. The molecule has 0 bridgehead atoms. The Kier molecular flexibility index (Phi) is 4.88. The molecule has 1 heterocycles. The third-order valence-electron chi connectivity index (χ3n) is 3.81. The van der Waals surface area contributed by atoms with Gasteiger partial charge in [0.2, 0.25) is 0 Å². The van der Waals surface area contributed by atoms with Crippen LogP contribution in [-0.2, 0) is 4.74 Å². The van der Waals surface area contributed by atoms with Crippen LogP contribution < -0.4 is 0 Å². The number of carbonyl (C=O) groups is 1. The van der Waals surface area contributed by atoms with Crippen molar-refractivity contribution >= 4 is 6.09 Å². The van der Waals surface area contributed by atoms with Crippen LogP contribution in [0.1, 0.15) is 54.9 Å². The molecule has 1 N–H and O–H groups in total. The van der Waals surface area contributed by atoms with Gasteiger partial charge in [-0.25, -0.2) is 4.79 Å². The first-order valence-electron chi connectivity index (χ1n) is 7.24. The molecule has 1 aliphatic rings. The fourth-order valence-electron chi connectivity index (χ4n) is 2.71. The van der Waals surface area contributed by atoms with Gasteiger partial charge in [0.25, 0.3) is 0 Å². The average molecular weight is 271 g/mol. The molecule has 1 aliphatic heterocycles. The Morgan fingerprint density at radius 1 is 1.32 bits per heavy atom. The summed E-state index contributed by atoms with van der Waals surface area (Å²) >= 11 is 0. The van der Waals surface area contributed by atoms with Crippen LogP contribution in [0.15, 0.2) is 0 Å². The zero-order chi connectivity index (χ0) is 15.0. The lowest BCUT2D eigenvalue weighted by atomic mass is 9.95. The number of aliphatic hydroxyl groups is 1.